The number of hydrogen-bond donors (Lipinski definition) is 1. The third kappa shape index (κ3) is 2.23. The molecule has 0 spiro atoms. The zero-order valence-electron chi connectivity index (χ0n) is 12.8. The van der Waals surface area contributed by atoms with Crippen LogP contribution in [-0.2, 0) is 6.42 Å². The third-order valence-electron chi connectivity index (χ3n) is 4.23. The Morgan fingerprint density at radius 2 is 1.74 bits per heavy atom. The number of benzene rings is 2. The second-order valence-corrected chi connectivity index (χ2v) is 6.39. The molecule has 1 aliphatic carbocycles. The summed E-state index contributed by atoms with van der Waals surface area (Å²) in [4.78, 5) is 0. The number of nitrogens with zero attached hydrogens (tertiary/aromatic N) is 1. The summed E-state index contributed by atoms with van der Waals surface area (Å²) in [6, 6.07) is 12.3. The maximum absolute atomic E-state index is 5.42. The van der Waals surface area contributed by atoms with Gasteiger partial charge in [-0.05, 0) is 29.8 Å². The average molecular weight is 371 g/mol. The number of aromatic amines is 1. The zero-order chi connectivity index (χ0) is 16.0. The first-order valence-corrected chi connectivity index (χ1v) is 8.09. The van der Waals surface area contributed by atoms with Crippen LogP contribution in [0.5, 0.6) is 11.5 Å². The van der Waals surface area contributed by atoms with E-state index in [-0.39, 0.29) is 0 Å². The number of rotatable bonds is 3. The number of fused-ring (bicyclic) bond motifs is 3. The molecule has 0 radical (unpaired) electrons. The molecule has 0 unspecified atom stereocenters. The van der Waals surface area contributed by atoms with Gasteiger partial charge in [-0.3, -0.25) is 5.10 Å². The maximum Gasteiger partial charge on any atom is 0.161 e. The van der Waals surface area contributed by atoms with Gasteiger partial charge >= 0.3 is 0 Å². The summed E-state index contributed by atoms with van der Waals surface area (Å²) in [5.74, 6) is 1.49. The fourth-order valence-electron chi connectivity index (χ4n) is 3.10. The molecule has 0 amide bonds. The van der Waals surface area contributed by atoms with Gasteiger partial charge in [0, 0.05) is 27.6 Å². The molecule has 1 aliphatic rings. The average Bonchev–Trinajstić information content (AvgIpc) is 3.13. The second-order valence-electron chi connectivity index (χ2n) is 5.47. The van der Waals surface area contributed by atoms with Gasteiger partial charge in [0.25, 0.3) is 0 Å². The molecule has 0 atom stereocenters. The maximum atomic E-state index is 5.42. The Morgan fingerprint density at radius 1 is 1.04 bits per heavy atom. The topological polar surface area (TPSA) is 47.1 Å². The largest absolute Gasteiger partial charge is 0.493 e. The molecule has 0 bridgehead atoms. The molecule has 116 valence electrons. The summed E-state index contributed by atoms with van der Waals surface area (Å²) in [6.07, 6.45) is 0.840. The minimum atomic E-state index is 0.735. The number of halogens is 1. The van der Waals surface area contributed by atoms with Crippen LogP contribution in [0.1, 0.15) is 11.1 Å². The minimum absolute atomic E-state index is 0.735. The smallest absolute Gasteiger partial charge is 0.161 e. The Balaban J connectivity index is 1.82. The van der Waals surface area contributed by atoms with E-state index in [1.165, 1.54) is 11.1 Å². The Morgan fingerprint density at radius 3 is 2.43 bits per heavy atom. The van der Waals surface area contributed by atoms with E-state index >= 15 is 0 Å². The van der Waals surface area contributed by atoms with Crippen molar-refractivity contribution in [3.63, 3.8) is 0 Å². The Hall–Kier alpha value is -2.27. The SMILES string of the molecule is COc1cc2c(cc1OC)-c1[nH]nc(-c3ccc(Br)cc3)c1C2. The highest BCUT2D eigenvalue weighted by atomic mass is 79.9. The lowest BCUT2D eigenvalue weighted by atomic mass is 10.1. The molecule has 0 fully saturated rings. The molecule has 4 nitrogen and oxygen atoms in total. The summed E-state index contributed by atoms with van der Waals surface area (Å²) >= 11 is 3.47. The quantitative estimate of drug-likeness (QED) is 0.580. The molecule has 0 saturated carbocycles. The van der Waals surface area contributed by atoms with Gasteiger partial charge in [0.15, 0.2) is 11.5 Å². The molecule has 1 aromatic heterocycles. The summed E-state index contributed by atoms with van der Waals surface area (Å²) in [5.41, 5.74) is 6.76. The predicted octanol–water partition coefficient (Wildman–Crippen LogP) is 4.43. The van der Waals surface area contributed by atoms with Crippen LogP contribution >= 0.6 is 15.9 Å². The van der Waals surface area contributed by atoms with Crippen molar-refractivity contribution in [2.75, 3.05) is 14.2 Å². The first-order chi connectivity index (χ1) is 11.2. The molecule has 2 aromatic carbocycles. The highest BCUT2D eigenvalue weighted by molar-refractivity contribution is 9.10. The summed E-state index contributed by atoms with van der Waals surface area (Å²) in [5, 5.41) is 7.71. The molecule has 3 aromatic rings. The first-order valence-electron chi connectivity index (χ1n) is 7.29. The normalized spacial score (nSPS) is 12.0. The van der Waals surface area contributed by atoms with Crippen LogP contribution in [0, 0.1) is 0 Å². The predicted molar refractivity (Wildman–Crippen MR) is 93.1 cm³/mol. The fourth-order valence-corrected chi connectivity index (χ4v) is 3.36. The fraction of sp³-hybridized carbons (Fsp3) is 0.167. The van der Waals surface area contributed by atoms with E-state index in [0.29, 0.717) is 0 Å². The van der Waals surface area contributed by atoms with Gasteiger partial charge in [0.1, 0.15) is 0 Å². The van der Waals surface area contributed by atoms with Gasteiger partial charge in [-0.2, -0.15) is 5.10 Å². The minimum Gasteiger partial charge on any atom is -0.493 e. The summed E-state index contributed by atoms with van der Waals surface area (Å²) in [7, 11) is 3.31. The lowest BCUT2D eigenvalue weighted by Gasteiger charge is -2.10. The Bertz CT molecular complexity index is 885. The monoisotopic (exact) mass is 370 g/mol. The van der Waals surface area contributed by atoms with Crippen molar-refractivity contribution < 1.29 is 9.47 Å². The Labute approximate surface area is 142 Å². The Kier molecular flexibility index (Phi) is 3.38. The molecular weight excluding hydrogens is 356 g/mol. The number of nitrogens with one attached hydrogen (secondary N) is 1. The van der Waals surface area contributed by atoms with Crippen molar-refractivity contribution in [3.8, 4) is 34.0 Å². The van der Waals surface area contributed by atoms with E-state index in [1.807, 2.05) is 24.3 Å². The van der Waals surface area contributed by atoms with Crippen LogP contribution in [0.3, 0.4) is 0 Å². The highest BCUT2D eigenvalue weighted by Gasteiger charge is 2.27. The van der Waals surface area contributed by atoms with Gasteiger partial charge in [0.2, 0.25) is 0 Å². The number of methoxy groups -OCH3 is 2. The highest BCUT2D eigenvalue weighted by Crippen LogP contribution is 2.44. The summed E-state index contributed by atoms with van der Waals surface area (Å²) < 4.78 is 11.9. The van der Waals surface area contributed by atoms with Crippen LogP contribution in [0.25, 0.3) is 22.5 Å². The molecule has 0 aliphatic heterocycles. The molecule has 4 rings (SSSR count). The van der Waals surface area contributed by atoms with Crippen molar-refractivity contribution in [2.45, 2.75) is 6.42 Å². The standard InChI is InChI=1S/C18H15BrN2O2/c1-22-15-8-11-7-14-17(10-3-5-12(19)6-4-10)20-21-18(14)13(11)9-16(15)23-2/h3-6,8-9H,7H2,1-2H3,(H,20,21). The number of H-pyrrole nitrogens is 1. The summed E-state index contributed by atoms with van der Waals surface area (Å²) in [6.45, 7) is 0. The van der Waals surface area contributed by atoms with E-state index in [4.69, 9.17) is 9.47 Å². The molecule has 23 heavy (non-hydrogen) atoms. The van der Waals surface area contributed by atoms with Crippen molar-refractivity contribution in [1.82, 2.24) is 10.2 Å². The zero-order valence-corrected chi connectivity index (χ0v) is 14.4. The van der Waals surface area contributed by atoms with E-state index in [0.717, 1.165) is 44.9 Å². The second kappa shape index (κ2) is 5.42. The lowest BCUT2D eigenvalue weighted by Crippen LogP contribution is -1.93. The number of hydrogen-bond acceptors (Lipinski definition) is 3. The van der Waals surface area contributed by atoms with Gasteiger partial charge in [-0.1, -0.05) is 28.1 Å². The molecule has 1 N–H and O–H groups in total. The molecule has 5 heteroatoms. The van der Waals surface area contributed by atoms with E-state index < -0.39 is 0 Å². The number of ether oxygens (including phenoxy) is 2. The van der Waals surface area contributed by atoms with E-state index in [2.05, 4.69) is 38.3 Å². The van der Waals surface area contributed by atoms with Crippen LogP contribution in [0.15, 0.2) is 40.9 Å². The van der Waals surface area contributed by atoms with Crippen molar-refractivity contribution in [3.05, 3.63) is 52.0 Å². The number of aromatic nitrogens is 2. The van der Waals surface area contributed by atoms with E-state index in [1.54, 1.807) is 14.2 Å². The van der Waals surface area contributed by atoms with Gasteiger partial charge < -0.3 is 9.47 Å². The first kappa shape index (κ1) is 14.3. The van der Waals surface area contributed by atoms with Crippen LogP contribution in [0.4, 0.5) is 0 Å². The van der Waals surface area contributed by atoms with Crippen molar-refractivity contribution >= 4 is 15.9 Å². The van der Waals surface area contributed by atoms with E-state index in [9.17, 15) is 0 Å². The third-order valence-corrected chi connectivity index (χ3v) is 4.76. The van der Waals surface area contributed by atoms with Crippen LogP contribution in [0.2, 0.25) is 0 Å². The van der Waals surface area contributed by atoms with Gasteiger partial charge in [0.05, 0.1) is 25.6 Å². The van der Waals surface area contributed by atoms with Gasteiger partial charge in [-0.25, -0.2) is 0 Å². The van der Waals surface area contributed by atoms with Crippen molar-refractivity contribution in [2.24, 2.45) is 0 Å². The van der Waals surface area contributed by atoms with Gasteiger partial charge in [-0.15, -0.1) is 0 Å². The van der Waals surface area contributed by atoms with Crippen LogP contribution in [-0.4, -0.2) is 24.4 Å². The molecule has 0 saturated heterocycles. The molecular formula is C18H15BrN2O2. The molecule has 1 heterocycles. The lowest BCUT2D eigenvalue weighted by molar-refractivity contribution is 0.355. The van der Waals surface area contributed by atoms with Crippen LogP contribution < -0.4 is 9.47 Å². The van der Waals surface area contributed by atoms with Crippen molar-refractivity contribution in [1.29, 1.82) is 0 Å².